The van der Waals surface area contributed by atoms with Gasteiger partial charge in [-0.3, -0.25) is 9.17 Å². The molecule has 0 amide bonds. The molecule has 0 saturated carbocycles. The molecule has 0 aliphatic heterocycles. The van der Waals surface area contributed by atoms with Gasteiger partial charge in [-0.2, -0.15) is 8.42 Å². The Morgan fingerprint density at radius 2 is 2.19 bits per heavy atom. The lowest BCUT2D eigenvalue weighted by Gasteiger charge is -2.13. The van der Waals surface area contributed by atoms with Crippen molar-refractivity contribution in [2.45, 2.75) is 35.2 Å². The standard InChI is InChI=1S/C10H14INO3S/c1-8(11)6-9(2)15-16(13,14)10-4-3-5-12-7-10/h3-5,7-9H,6H2,1-2H3/t8?,9-/m0/s1. The van der Waals surface area contributed by atoms with E-state index in [1.54, 1.807) is 13.0 Å². The van der Waals surface area contributed by atoms with Crippen LogP contribution in [-0.2, 0) is 14.3 Å². The fraction of sp³-hybridized carbons (Fsp3) is 0.500. The molecule has 1 aromatic heterocycles. The van der Waals surface area contributed by atoms with E-state index in [9.17, 15) is 8.42 Å². The first-order chi connectivity index (χ1) is 7.42. The molecule has 0 aliphatic rings. The van der Waals surface area contributed by atoms with Gasteiger partial charge < -0.3 is 0 Å². The number of pyridine rings is 1. The van der Waals surface area contributed by atoms with E-state index in [1.807, 2.05) is 6.92 Å². The Morgan fingerprint density at radius 3 is 2.69 bits per heavy atom. The summed E-state index contributed by atoms with van der Waals surface area (Å²) in [6.07, 6.45) is 3.18. The SMILES string of the molecule is CC(I)C[C@H](C)OS(=O)(=O)c1cccnc1. The Balaban J connectivity index is 2.73. The van der Waals surface area contributed by atoms with Gasteiger partial charge in [-0.1, -0.05) is 29.5 Å². The molecule has 16 heavy (non-hydrogen) atoms. The summed E-state index contributed by atoms with van der Waals surface area (Å²) in [6.45, 7) is 3.76. The highest BCUT2D eigenvalue weighted by molar-refractivity contribution is 14.1. The van der Waals surface area contributed by atoms with Gasteiger partial charge in [0.05, 0.1) is 6.10 Å². The number of rotatable bonds is 5. The molecule has 1 rings (SSSR count). The van der Waals surface area contributed by atoms with Crippen molar-refractivity contribution in [3.8, 4) is 0 Å². The van der Waals surface area contributed by atoms with Gasteiger partial charge in [-0.15, -0.1) is 0 Å². The van der Waals surface area contributed by atoms with E-state index in [1.165, 1.54) is 18.5 Å². The van der Waals surface area contributed by atoms with Crippen LogP contribution in [0.15, 0.2) is 29.4 Å². The molecule has 0 aliphatic carbocycles. The van der Waals surface area contributed by atoms with Crippen LogP contribution in [0, 0.1) is 0 Å². The topological polar surface area (TPSA) is 56.3 Å². The summed E-state index contributed by atoms with van der Waals surface area (Å²) in [5, 5.41) is 0. The van der Waals surface area contributed by atoms with E-state index < -0.39 is 10.1 Å². The highest BCUT2D eigenvalue weighted by Crippen LogP contribution is 2.17. The fourth-order valence-electron chi connectivity index (χ4n) is 1.26. The van der Waals surface area contributed by atoms with Crippen molar-refractivity contribution in [3.63, 3.8) is 0 Å². The molecular weight excluding hydrogens is 341 g/mol. The highest BCUT2D eigenvalue weighted by Gasteiger charge is 2.19. The number of alkyl halides is 1. The zero-order chi connectivity index (χ0) is 12.2. The largest absolute Gasteiger partial charge is 0.298 e. The summed E-state index contributed by atoms with van der Waals surface area (Å²) in [4.78, 5) is 3.86. The summed E-state index contributed by atoms with van der Waals surface area (Å²) in [5.74, 6) is 0. The van der Waals surface area contributed by atoms with Crippen molar-refractivity contribution >= 4 is 32.7 Å². The maximum atomic E-state index is 11.8. The predicted octanol–water partition coefficient (Wildman–Crippen LogP) is 2.39. The second kappa shape index (κ2) is 5.92. The zero-order valence-corrected chi connectivity index (χ0v) is 12.1. The Kier molecular flexibility index (Phi) is 5.13. The van der Waals surface area contributed by atoms with E-state index >= 15 is 0 Å². The van der Waals surface area contributed by atoms with Crippen LogP contribution in [-0.4, -0.2) is 23.4 Å². The molecule has 2 atom stereocenters. The van der Waals surface area contributed by atoms with E-state index in [-0.39, 0.29) is 11.0 Å². The number of nitrogens with zero attached hydrogens (tertiary/aromatic N) is 1. The second-order valence-corrected chi connectivity index (χ2v) is 7.26. The first-order valence-corrected chi connectivity index (χ1v) is 7.54. The van der Waals surface area contributed by atoms with Crippen molar-refractivity contribution in [1.29, 1.82) is 0 Å². The zero-order valence-electron chi connectivity index (χ0n) is 9.13. The lowest BCUT2D eigenvalue weighted by atomic mass is 10.2. The van der Waals surface area contributed by atoms with E-state index in [0.29, 0.717) is 10.3 Å². The van der Waals surface area contributed by atoms with Crippen LogP contribution in [0.4, 0.5) is 0 Å². The summed E-state index contributed by atoms with van der Waals surface area (Å²) in [6, 6.07) is 3.05. The van der Waals surface area contributed by atoms with Gasteiger partial charge in [0.2, 0.25) is 0 Å². The summed E-state index contributed by atoms with van der Waals surface area (Å²) in [5.41, 5.74) is 0. The predicted molar refractivity (Wildman–Crippen MR) is 70.1 cm³/mol. The third kappa shape index (κ3) is 4.34. The highest BCUT2D eigenvalue weighted by atomic mass is 127. The number of aromatic nitrogens is 1. The average molecular weight is 355 g/mol. The van der Waals surface area contributed by atoms with Crippen LogP contribution in [0.3, 0.4) is 0 Å². The molecular formula is C10H14INO3S. The Morgan fingerprint density at radius 1 is 1.50 bits per heavy atom. The van der Waals surface area contributed by atoms with Crippen LogP contribution in [0.25, 0.3) is 0 Å². The lowest BCUT2D eigenvalue weighted by molar-refractivity contribution is 0.220. The van der Waals surface area contributed by atoms with Gasteiger partial charge in [-0.25, -0.2) is 0 Å². The number of hydrogen-bond acceptors (Lipinski definition) is 4. The fourth-order valence-corrected chi connectivity index (χ4v) is 3.04. The molecule has 6 heteroatoms. The van der Waals surface area contributed by atoms with Crippen molar-refractivity contribution in [2.24, 2.45) is 0 Å². The first kappa shape index (κ1) is 13.9. The van der Waals surface area contributed by atoms with Crippen LogP contribution in [0.5, 0.6) is 0 Å². The van der Waals surface area contributed by atoms with Gasteiger partial charge in [0.1, 0.15) is 4.90 Å². The molecule has 1 heterocycles. The van der Waals surface area contributed by atoms with Crippen LogP contribution >= 0.6 is 22.6 Å². The minimum atomic E-state index is -3.67. The van der Waals surface area contributed by atoms with Gasteiger partial charge in [0.15, 0.2) is 0 Å². The molecule has 0 saturated heterocycles. The van der Waals surface area contributed by atoms with Gasteiger partial charge in [-0.05, 0) is 25.5 Å². The molecule has 4 nitrogen and oxygen atoms in total. The molecule has 0 radical (unpaired) electrons. The molecule has 1 aromatic rings. The maximum Gasteiger partial charge on any atom is 0.298 e. The third-order valence-electron chi connectivity index (χ3n) is 1.87. The van der Waals surface area contributed by atoms with Crippen molar-refractivity contribution in [1.82, 2.24) is 4.98 Å². The molecule has 0 N–H and O–H groups in total. The van der Waals surface area contributed by atoms with E-state index in [4.69, 9.17) is 4.18 Å². The Bertz CT molecular complexity index is 419. The number of halogens is 1. The van der Waals surface area contributed by atoms with Crippen LogP contribution in [0.2, 0.25) is 0 Å². The van der Waals surface area contributed by atoms with Gasteiger partial charge in [0.25, 0.3) is 10.1 Å². The second-order valence-electron chi connectivity index (χ2n) is 3.57. The summed E-state index contributed by atoms with van der Waals surface area (Å²) >= 11 is 2.24. The molecule has 0 fully saturated rings. The number of hydrogen-bond donors (Lipinski definition) is 0. The van der Waals surface area contributed by atoms with Gasteiger partial charge in [0, 0.05) is 16.3 Å². The maximum absolute atomic E-state index is 11.8. The summed E-state index contributed by atoms with van der Waals surface area (Å²) in [7, 11) is -3.67. The van der Waals surface area contributed by atoms with Gasteiger partial charge >= 0.3 is 0 Å². The molecule has 0 spiro atoms. The van der Waals surface area contributed by atoms with Crippen LogP contribution < -0.4 is 0 Å². The first-order valence-electron chi connectivity index (χ1n) is 4.89. The molecule has 0 aromatic carbocycles. The summed E-state index contributed by atoms with van der Waals surface area (Å²) < 4.78 is 29.0. The quantitative estimate of drug-likeness (QED) is 0.462. The Hall–Kier alpha value is -0.210. The molecule has 0 bridgehead atoms. The van der Waals surface area contributed by atoms with E-state index in [0.717, 1.165) is 0 Å². The van der Waals surface area contributed by atoms with Crippen LogP contribution in [0.1, 0.15) is 20.3 Å². The third-order valence-corrected chi connectivity index (χ3v) is 3.78. The molecule has 90 valence electrons. The van der Waals surface area contributed by atoms with Crippen molar-refractivity contribution in [2.75, 3.05) is 0 Å². The minimum absolute atomic E-state index is 0.1000. The molecule has 1 unspecified atom stereocenters. The monoisotopic (exact) mass is 355 g/mol. The lowest BCUT2D eigenvalue weighted by Crippen LogP contribution is -2.18. The van der Waals surface area contributed by atoms with Crippen molar-refractivity contribution in [3.05, 3.63) is 24.5 Å². The minimum Gasteiger partial charge on any atom is -0.263 e. The Labute approximate surface area is 110 Å². The van der Waals surface area contributed by atoms with Crippen molar-refractivity contribution < 1.29 is 12.6 Å². The average Bonchev–Trinajstić information content (AvgIpc) is 2.16. The van der Waals surface area contributed by atoms with E-state index in [2.05, 4.69) is 27.6 Å². The smallest absolute Gasteiger partial charge is 0.263 e. The normalized spacial score (nSPS) is 15.7.